The van der Waals surface area contributed by atoms with Crippen molar-refractivity contribution in [1.29, 1.82) is 5.26 Å². The molecule has 0 spiro atoms. The third-order valence-electron chi connectivity index (χ3n) is 2.31. The van der Waals surface area contributed by atoms with Gasteiger partial charge in [0.05, 0.1) is 0 Å². The molecule has 0 aromatic heterocycles. The van der Waals surface area contributed by atoms with E-state index in [9.17, 15) is 5.26 Å². The molecule has 4 heteroatoms. The first kappa shape index (κ1) is 14.9. The molecule has 1 rings (SSSR count). The molecule has 98 valence electrons. The van der Waals surface area contributed by atoms with Crippen molar-refractivity contribution in [3.8, 4) is 11.8 Å². The van der Waals surface area contributed by atoms with E-state index in [1.165, 1.54) is 0 Å². The number of nitrogens with one attached hydrogen (secondary N) is 1. The molecule has 3 nitrogen and oxygen atoms in total. The van der Waals surface area contributed by atoms with Crippen molar-refractivity contribution < 1.29 is 4.74 Å². The Morgan fingerprint density at radius 1 is 1.44 bits per heavy atom. The lowest BCUT2D eigenvalue weighted by Crippen LogP contribution is -2.27. The maximum absolute atomic E-state index is 9.21. The zero-order valence-corrected chi connectivity index (χ0v) is 12.0. The molecule has 0 heterocycles. The zero-order chi connectivity index (χ0) is 13.4. The minimum atomic E-state index is 0.450. The second-order valence-electron chi connectivity index (χ2n) is 4.13. The van der Waals surface area contributed by atoms with Gasteiger partial charge in [0.25, 0.3) is 0 Å². The molecule has 0 amide bonds. The van der Waals surface area contributed by atoms with Gasteiger partial charge in [-0.2, -0.15) is 5.26 Å². The van der Waals surface area contributed by atoms with Crippen LogP contribution < -0.4 is 10.1 Å². The summed E-state index contributed by atoms with van der Waals surface area (Å²) in [5.41, 5.74) is 0.647. The molecule has 0 fully saturated rings. The third kappa shape index (κ3) is 4.59. The topological polar surface area (TPSA) is 45.0 Å². The first-order valence-electron chi connectivity index (χ1n) is 6.21. The number of thioether (sulfide) groups is 1. The van der Waals surface area contributed by atoms with Crippen molar-refractivity contribution >= 4 is 11.8 Å². The molecule has 0 saturated carbocycles. The maximum Gasteiger partial charge on any atom is 0.138 e. The van der Waals surface area contributed by atoms with E-state index in [2.05, 4.69) is 32.2 Å². The Kier molecular flexibility index (Phi) is 6.63. The van der Waals surface area contributed by atoms with Gasteiger partial charge in [-0.05, 0) is 17.9 Å². The van der Waals surface area contributed by atoms with Gasteiger partial charge in [-0.15, -0.1) is 11.8 Å². The maximum atomic E-state index is 9.21. The fourth-order valence-electron chi connectivity index (χ4n) is 1.53. The Hall–Kier alpha value is -1.18. The Balaban J connectivity index is 2.65. The van der Waals surface area contributed by atoms with Gasteiger partial charge in [-0.1, -0.05) is 26.8 Å². The summed E-state index contributed by atoms with van der Waals surface area (Å²) in [5, 5.41) is 12.5. The molecular weight excluding hydrogens is 244 g/mol. The Labute approximate surface area is 114 Å². The second-order valence-corrected chi connectivity index (χ2v) is 5.44. The lowest BCUT2D eigenvalue weighted by molar-refractivity contribution is 0.307. The van der Waals surface area contributed by atoms with Crippen LogP contribution in [0.25, 0.3) is 0 Å². The number of rotatable bonds is 7. The van der Waals surface area contributed by atoms with Crippen LogP contribution in [0.3, 0.4) is 0 Å². The van der Waals surface area contributed by atoms with Crippen molar-refractivity contribution in [2.45, 2.75) is 31.7 Å². The van der Waals surface area contributed by atoms with Gasteiger partial charge in [0.1, 0.15) is 24.0 Å². The number of benzene rings is 1. The normalized spacial score (nSPS) is 10.4. The van der Waals surface area contributed by atoms with Crippen LogP contribution in [0.5, 0.6) is 5.75 Å². The van der Waals surface area contributed by atoms with Gasteiger partial charge in [0, 0.05) is 17.5 Å². The second kappa shape index (κ2) is 8.02. The van der Waals surface area contributed by atoms with Crippen molar-refractivity contribution in [3.05, 3.63) is 23.8 Å². The Bertz CT molecular complexity index is 413. The lowest BCUT2D eigenvalue weighted by Gasteiger charge is -2.12. The van der Waals surface area contributed by atoms with Gasteiger partial charge < -0.3 is 10.1 Å². The zero-order valence-electron chi connectivity index (χ0n) is 11.2. The smallest absolute Gasteiger partial charge is 0.138 e. The molecule has 18 heavy (non-hydrogen) atoms. The molecule has 0 atom stereocenters. The van der Waals surface area contributed by atoms with E-state index >= 15 is 0 Å². The van der Waals surface area contributed by atoms with Crippen LogP contribution in [0, 0.1) is 11.3 Å². The van der Waals surface area contributed by atoms with E-state index in [1.807, 2.05) is 18.2 Å². The van der Waals surface area contributed by atoms with E-state index < -0.39 is 0 Å². The minimum absolute atomic E-state index is 0.450. The highest BCUT2D eigenvalue weighted by Crippen LogP contribution is 2.29. The van der Waals surface area contributed by atoms with E-state index in [4.69, 9.17) is 4.74 Å². The SMILES string of the molecule is CCSc1cccc(OCCNC(C)C)c1C#N. The average molecular weight is 264 g/mol. The molecule has 1 N–H and O–H groups in total. The van der Waals surface area contributed by atoms with Gasteiger partial charge in [-0.3, -0.25) is 0 Å². The highest BCUT2D eigenvalue weighted by Gasteiger charge is 2.08. The van der Waals surface area contributed by atoms with Crippen LogP contribution >= 0.6 is 11.8 Å². The summed E-state index contributed by atoms with van der Waals surface area (Å²) < 4.78 is 5.67. The van der Waals surface area contributed by atoms with E-state index in [0.717, 1.165) is 17.2 Å². The number of ether oxygens (including phenoxy) is 1. The Morgan fingerprint density at radius 3 is 2.83 bits per heavy atom. The summed E-state index contributed by atoms with van der Waals surface area (Å²) in [6.07, 6.45) is 0. The molecule has 0 bridgehead atoms. The minimum Gasteiger partial charge on any atom is -0.491 e. The summed E-state index contributed by atoms with van der Waals surface area (Å²) >= 11 is 1.67. The van der Waals surface area contributed by atoms with E-state index in [-0.39, 0.29) is 0 Å². The highest BCUT2D eigenvalue weighted by molar-refractivity contribution is 7.99. The molecule has 1 aromatic carbocycles. The van der Waals surface area contributed by atoms with Gasteiger partial charge >= 0.3 is 0 Å². The van der Waals surface area contributed by atoms with Crippen LogP contribution in [0.2, 0.25) is 0 Å². The first-order valence-corrected chi connectivity index (χ1v) is 7.19. The highest BCUT2D eigenvalue weighted by atomic mass is 32.2. The van der Waals surface area contributed by atoms with Gasteiger partial charge in [0.2, 0.25) is 0 Å². The summed E-state index contributed by atoms with van der Waals surface area (Å²) in [5.74, 6) is 1.63. The van der Waals surface area contributed by atoms with Crippen molar-refractivity contribution in [3.63, 3.8) is 0 Å². The summed E-state index contributed by atoms with van der Waals surface area (Å²) in [6, 6.07) is 8.44. The molecule has 0 saturated heterocycles. The molecule has 0 aliphatic rings. The molecule has 0 unspecified atom stereocenters. The molecule has 0 aliphatic heterocycles. The fraction of sp³-hybridized carbons (Fsp3) is 0.500. The van der Waals surface area contributed by atoms with E-state index in [0.29, 0.717) is 24.0 Å². The first-order chi connectivity index (χ1) is 8.69. The van der Waals surface area contributed by atoms with Gasteiger partial charge in [-0.25, -0.2) is 0 Å². The molecular formula is C14H20N2OS. The predicted molar refractivity (Wildman–Crippen MR) is 76.2 cm³/mol. The molecule has 0 aliphatic carbocycles. The fourth-order valence-corrected chi connectivity index (χ4v) is 2.30. The van der Waals surface area contributed by atoms with Crippen LogP contribution in [0.4, 0.5) is 0 Å². The summed E-state index contributed by atoms with van der Waals surface area (Å²) in [6.45, 7) is 7.63. The van der Waals surface area contributed by atoms with Crippen LogP contribution in [-0.4, -0.2) is 24.9 Å². The van der Waals surface area contributed by atoms with Crippen molar-refractivity contribution in [2.24, 2.45) is 0 Å². The number of hydrogen-bond donors (Lipinski definition) is 1. The molecule has 1 aromatic rings. The van der Waals surface area contributed by atoms with Crippen LogP contribution in [0.1, 0.15) is 26.3 Å². The van der Waals surface area contributed by atoms with Crippen LogP contribution in [-0.2, 0) is 0 Å². The van der Waals surface area contributed by atoms with E-state index in [1.54, 1.807) is 11.8 Å². The lowest BCUT2D eigenvalue weighted by atomic mass is 10.2. The largest absolute Gasteiger partial charge is 0.491 e. The third-order valence-corrected chi connectivity index (χ3v) is 3.25. The summed E-state index contributed by atoms with van der Waals surface area (Å²) in [7, 11) is 0. The van der Waals surface area contributed by atoms with Gasteiger partial charge in [0.15, 0.2) is 0 Å². The number of nitrogens with zero attached hydrogens (tertiary/aromatic N) is 1. The number of nitriles is 1. The quantitative estimate of drug-likeness (QED) is 0.607. The average Bonchev–Trinajstić information content (AvgIpc) is 2.35. The summed E-state index contributed by atoms with van der Waals surface area (Å²) in [4.78, 5) is 0.995. The molecule has 0 radical (unpaired) electrons. The monoisotopic (exact) mass is 264 g/mol. The van der Waals surface area contributed by atoms with Crippen molar-refractivity contribution in [2.75, 3.05) is 18.9 Å². The predicted octanol–water partition coefficient (Wildman–Crippen LogP) is 3.05. The Morgan fingerprint density at radius 2 is 2.22 bits per heavy atom. The number of hydrogen-bond acceptors (Lipinski definition) is 4. The standard InChI is InChI=1S/C14H20N2OS/c1-4-18-14-7-5-6-13(12(14)10-15)17-9-8-16-11(2)3/h5-7,11,16H,4,8-9H2,1-3H3. The van der Waals surface area contributed by atoms with Crippen molar-refractivity contribution in [1.82, 2.24) is 5.32 Å². The van der Waals surface area contributed by atoms with Crippen LogP contribution in [0.15, 0.2) is 23.1 Å².